The van der Waals surface area contributed by atoms with Crippen molar-refractivity contribution in [2.45, 2.75) is 58.3 Å². The van der Waals surface area contributed by atoms with E-state index < -0.39 is 5.97 Å². The molecule has 5 heteroatoms. The van der Waals surface area contributed by atoms with Gasteiger partial charge in [0.05, 0.1) is 0 Å². The average Bonchev–Trinajstić information content (AvgIpc) is 2.49. The summed E-state index contributed by atoms with van der Waals surface area (Å²) < 4.78 is 0. The summed E-state index contributed by atoms with van der Waals surface area (Å²) in [4.78, 5) is 22.4. The van der Waals surface area contributed by atoms with Gasteiger partial charge in [0.15, 0.2) is 0 Å². The van der Waals surface area contributed by atoms with Gasteiger partial charge in [-0.1, -0.05) is 13.3 Å². The summed E-state index contributed by atoms with van der Waals surface area (Å²) in [6, 6.07) is 0. The van der Waals surface area contributed by atoms with Crippen LogP contribution in [0.4, 0.5) is 0 Å². The summed E-state index contributed by atoms with van der Waals surface area (Å²) in [5, 5.41) is 15.0. The summed E-state index contributed by atoms with van der Waals surface area (Å²) in [7, 11) is 0. The van der Waals surface area contributed by atoms with Crippen LogP contribution in [0.1, 0.15) is 58.3 Å². The maximum atomic E-state index is 11.8. The van der Waals surface area contributed by atoms with Gasteiger partial charge < -0.3 is 15.7 Å². The Kier molecular flexibility index (Phi) is 9.06. The molecule has 0 aliphatic carbocycles. The number of hydrogen-bond acceptors (Lipinski definition) is 3. The quantitative estimate of drug-likeness (QED) is 0.577. The summed E-state index contributed by atoms with van der Waals surface area (Å²) >= 11 is 0. The number of aliphatic carboxylic acids is 1. The molecule has 1 rings (SSSR count). The first-order valence-electron chi connectivity index (χ1n) is 8.31. The largest absolute Gasteiger partial charge is 0.481 e. The van der Waals surface area contributed by atoms with E-state index in [0.717, 1.165) is 32.4 Å². The maximum Gasteiger partial charge on any atom is 0.303 e. The van der Waals surface area contributed by atoms with Gasteiger partial charge in [0.25, 0.3) is 0 Å². The molecule has 1 atom stereocenters. The summed E-state index contributed by atoms with van der Waals surface area (Å²) in [6.45, 7) is 4.90. The highest BCUT2D eigenvalue weighted by Gasteiger charge is 2.14. The highest BCUT2D eigenvalue weighted by atomic mass is 16.4. The summed E-state index contributed by atoms with van der Waals surface area (Å²) in [6.07, 6.45) is 6.75. The van der Waals surface area contributed by atoms with E-state index in [0.29, 0.717) is 31.2 Å². The van der Waals surface area contributed by atoms with Crippen LogP contribution in [-0.4, -0.2) is 36.6 Å². The number of carbonyl (C=O) groups excluding carboxylic acids is 1. The SMILES string of the molecule is CCC(CCNC(=O)CCC1CCNCC1)CCC(=O)O. The zero-order chi connectivity index (χ0) is 15.5. The molecule has 3 N–H and O–H groups in total. The average molecular weight is 298 g/mol. The minimum absolute atomic E-state index is 0.140. The second-order valence-electron chi connectivity index (χ2n) is 6.08. The molecule has 21 heavy (non-hydrogen) atoms. The van der Waals surface area contributed by atoms with Crippen LogP contribution >= 0.6 is 0 Å². The molecule has 1 heterocycles. The molecule has 1 unspecified atom stereocenters. The monoisotopic (exact) mass is 298 g/mol. The lowest BCUT2D eigenvalue weighted by Gasteiger charge is -2.22. The number of carboxylic acids is 1. The van der Waals surface area contributed by atoms with Crippen molar-refractivity contribution in [1.82, 2.24) is 10.6 Å². The lowest BCUT2D eigenvalue weighted by atomic mass is 9.93. The topological polar surface area (TPSA) is 78.4 Å². The van der Waals surface area contributed by atoms with Gasteiger partial charge >= 0.3 is 5.97 Å². The van der Waals surface area contributed by atoms with Gasteiger partial charge in [0.1, 0.15) is 0 Å². The Morgan fingerprint density at radius 3 is 2.57 bits per heavy atom. The third-order valence-corrected chi connectivity index (χ3v) is 4.46. The van der Waals surface area contributed by atoms with Crippen LogP contribution in [0.15, 0.2) is 0 Å². The van der Waals surface area contributed by atoms with Crippen LogP contribution in [0.5, 0.6) is 0 Å². The van der Waals surface area contributed by atoms with Crippen molar-refractivity contribution >= 4 is 11.9 Å². The second kappa shape index (κ2) is 10.6. The van der Waals surface area contributed by atoms with Crippen molar-refractivity contribution in [3.05, 3.63) is 0 Å². The molecule has 0 spiro atoms. The highest BCUT2D eigenvalue weighted by molar-refractivity contribution is 5.75. The van der Waals surface area contributed by atoms with Gasteiger partial charge in [-0.25, -0.2) is 0 Å². The molecule has 0 radical (unpaired) electrons. The Morgan fingerprint density at radius 2 is 1.95 bits per heavy atom. The molecule has 0 aromatic rings. The Balaban J connectivity index is 2.06. The Hall–Kier alpha value is -1.10. The molecule has 0 bridgehead atoms. The van der Waals surface area contributed by atoms with Crippen molar-refractivity contribution in [1.29, 1.82) is 0 Å². The van der Waals surface area contributed by atoms with Crippen molar-refractivity contribution in [2.24, 2.45) is 11.8 Å². The van der Waals surface area contributed by atoms with E-state index in [4.69, 9.17) is 5.11 Å². The van der Waals surface area contributed by atoms with Crippen LogP contribution < -0.4 is 10.6 Å². The third kappa shape index (κ3) is 8.71. The molecule has 0 aromatic carbocycles. The molecule has 5 nitrogen and oxygen atoms in total. The molecule has 1 saturated heterocycles. The molecule has 1 fully saturated rings. The number of nitrogens with one attached hydrogen (secondary N) is 2. The molecular formula is C16H30N2O3. The fourth-order valence-corrected chi connectivity index (χ4v) is 2.89. The van der Waals surface area contributed by atoms with E-state index in [1.54, 1.807) is 0 Å². The van der Waals surface area contributed by atoms with Crippen molar-refractivity contribution in [3.63, 3.8) is 0 Å². The van der Waals surface area contributed by atoms with Gasteiger partial charge in [-0.15, -0.1) is 0 Å². The minimum Gasteiger partial charge on any atom is -0.481 e. The van der Waals surface area contributed by atoms with Crippen LogP contribution in [0.25, 0.3) is 0 Å². The van der Waals surface area contributed by atoms with Crippen molar-refractivity contribution in [2.75, 3.05) is 19.6 Å². The van der Waals surface area contributed by atoms with Gasteiger partial charge in [-0.2, -0.15) is 0 Å². The maximum absolute atomic E-state index is 11.8. The normalized spacial score (nSPS) is 17.4. The van der Waals surface area contributed by atoms with Crippen molar-refractivity contribution < 1.29 is 14.7 Å². The molecule has 0 aromatic heterocycles. The minimum atomic E-state index is -0.737. The molecule has 122 valence electrons. The first-order valence-corrected chi connectivity index (χ1v) is 8.31. The molecule has 1 aliphatic heterocycles. The van der Waals surface area contributed by atoms with E-state index >= 15 is 0 Å². The predicted molar refractivity (Wildman–Crippen MR) is 83.1 cm³/mol. The molecule has 1 aliphatic rings. The van der Waals surface area contributed by atoms with E-state index in [1.807, 2.05) is 0 Å². The van der Waals surface area contributed by atoms with Crippen LogP contribution in [0, 0.1) is 11.8 Å². The number of piperidine rings is 1. The van der Waals surface area contributed by atoms with E-state index in [9.17, 15) is 9.59 Å². The third-order valence-electron chi connectivity index (χ3n) is 4.46. The fraction of sp³-hybridized carbons (Fsp3) is 0.875. The van der Waals surface area contributed by atoms with E-state index in [1.165, 1.54) is 12.8 Å². The Bertz CT molecular complexity index is 315. The first-order chi connectivity index (χ1) is 10.1. The zero-order valence-corrected chi connectivity index (χ0v) is 13.2. The van der Waals surface area contributed by atoms with Crippen molar-refractivity contribution in [3.8, 4) is 0 Å². The number of carbonyl (C=O) groups is 2. The van der Waals surface area contributed by atoms with E-state index in [2.05, 4.69) is 17.6 Å². The number of hydrogen-bond donors (Lipinski definition) is 3. The van der Waals surface area contributed by atoms with Crippen LogP contribution in [0.2, 0.25) is 0 Å². The van der Waals surface area contributed by atoms with E-state index in [-0.39, 0.29) is 12.3 Å². The lowest BCUT2D eigenvalue weighted by molar-refractivity contribution is -0.137. The number of rotatable bonds is 10. The first kappa shape index (κ1) is 18.0. The standard InChI is InChI=1S/C16H30N2O3/c1-2-13(4-6-16(20)21)9-12-18-15(19)5-3-14-7-10-17-11-8-14/h13-14,17H,2-12H2,1H3,(H,18,19)(H,20,21). The van der Waals surface area contributed by atoms with Gasteiger partial charge in [0.2, 0.25) is 5.91 Å². The summed E-state index contributed by atoms with van der Waals surface area (Å²) in [5.74, 6) is 0.489. The zero-order valence-electron chi connectivity index (χ0n) is 13.2. The lowest BCUT2D eigenvalue weighted by Crippen LogP contribution is -2.30. The summed E-state index contributed by atoms with van der Waals surface area (Å²) in [5.41, 5.74) is 0. The fourth-order valence-electron chi connectivity index (χ4n) is 2.89. The second-order valence-corrected chi connectivity index (χ2v) is 6.08. The smallest absolute Gasteiger partial charge is 0.303 e. The van der Waals surface area contributed by atoms with Gasteiger partial charge in [-0.05, 0) is 57.0 Å². The molecule has 1 amide bonds. The Labute approximate surface area is 127 Å². The predicted octanol–water partition coefficient (Wildman–Crippen LogP) is 2.16. The van der Waals surface area contributed by atoms with Crippen LogP contribution in [-0.2, 0) is 9.59 Å². The Morgan fingerprint density at radius 1 is 1.24 bits per heavy atom. The van der Waals surface area contributed by atoms with Gasteiger partial charge in [-0.3, -0.25) is 9.59 Å². The number of amides is 1. The van der Waals surface area contributed by atoms with Crippen LogP contribution in [0.3, 0.4) is 0 Å². The highest BCUT2D eigenvalue weighted by Crippen LogP contribution is 2.18. The molecule has 0 saturated carbocycles. The molecular weight excluding hydrogens is 268 g/mol. The number of carboxylic acid groups (broad SMARTS) is 1. The van der Waals surface area contributed by atoms with Gasteiger partial charge in [0, 0.05) is 19.4 Å².